The van der Waals surface area contributed by atoms with E-state index in [1.165, 1.54) is 12.1 Å². The predicted molar refractivity (Wildman–Crippen MR) is 100 cm³/mol. The second-order valence-corrected chi connectivity index (χ2v) is 8.35. The van der Waals surface area contributed by atoms with Crippen molar-refractivity contribution in [2.75, 3.05) is 0 Å². The first-order valence-electron chi connectivity index (χ1n) is 8.02. The van der Waals surface area contributed by atoms with Crippen LogP contribution in [0, 0.1) is 0 Å². The number of hydrogen-bond acceptors (Lipinski definition) is 0. The maximum atomic E-state index is 13.0. The fourth-order valence-electron chi connectivity index (χ4n) is 2.81. The average molecular weight is 400 g/mol. The number of rotatable bonds is 4. The van der Waals surface area contributed by atoms with Crippen LogP contribution in [0.2, 0.25) is 0 Å². The zero-order valence-corrected chi connectivity index (χ0v) is 16.3. The first-order chi connectivity index (χ1) is 12.3. The minimum absolute atomic E-state index is 0.393. The summed E-state index contributed by atoms with van der Waals surface area (Å²) < 4.78 is 77.9. The highest BCUT2D eigenvalue weighted by molar-refractivity contribution is 6.69. The van der Waals surface area contributed by atoms with Gasteiger partial charge >= 0.3 is 12.4 Å². The van der Waals surface area contributed by atoms with Crippen molar-refractivity contribution in [3.63, 3.8) is 0 Å². The average Bonchev–Trinajstić information content (AvgIpc) is 2.53. The van der Waals surface area contributed by atoms with Crippen molar-refractivity contribution in [1.82, 2.24) is 0 Å². The molecule has 0 radical (unpaired) electrons. The third-order valence-electron chi connectivity index (χ3n) is 4.17. The maximum absolute atomic E-state index is 13.0. The predicted octanol–water partition coefficient (Wildman–Crippen LogP) is 4.91. The summed E-state index contributed by atoms with van der Waals surface area (Å²) in [4.78, 5) is 0. The van der Waals surface area contributed by atoms with Crippen LogP contribution in [0.4, 0.5) is 26.3 Å². The number of halogens is 6. The molecule has 144 valence electrons. The molecule has 2 rings (SSSR count). The van der Waals surface area contributed by atoms with Crippen LogP contribution in [0.1, 0.15) is 36.1 Å². The van der Waals surface area contributed by atoms with Crippen LogP contribution in [0.25, 0.3) is 11.1 Å². The van der Waals surface area contributed by atoms with E-state index in [-0.39, 0.29) is 0 Å². The normalized spacial score (nSPS) is 12.1. The molecule has 2 aromatic carbocycles. The second kappa shape index (κ2) is 7.38. The van der Waals surface area contributed by atoms with Gasteiger partial charge < -0.3 is 0 Å². The highest BCUT2D eigenvalue weighted by Crippen LogP contribution is 2.31. The quantitative estimate of drug-likeness (QED) is 0.505. The first-order valence-corrected chi connectivity index (χ1v) is 9.44. The summed E-state index contributed by atoms with van der Waals surface area (Å²) in [7, 11) is -1.35. The van der Waals surface area contributed by atoms with E-state index in [9.17, 15) is 26.3 Å². The molecule has 0 N–H and O–H groups in total. The molecular formula is C20H18F6Si. The van der Waals surface area contributed by atoms with Crippen LogP contribution >= 0.6 is 0 Å². The lowest BCUT2D eigenvalue weighted by Crippen LogP contribution is -2.32. The van der Waals surface area contributed by atoms with Crippen molar-refractivity contribution in [3.05, 3.63) is 71.8 Å². The Labute approximate surface area is 156 Å². The standard InChI is InChI=1S/C20H18F6Si/c1-11(2)15-9-13(19(21,22)23)5-7-17(15)27-18-8-6-14(20(24,25)26)10-16(18)12(3)4/h5-10H,1,3,27H2,2,4H3. The lowest BCUT2D eigenvalue weighted by molar-refractivity contribution is -0.138. The third-order valence-corrected chi connectivity index (χ3v) is 6.17. The van der Waals surface area contributed by atoms with E-state index in [0.717, 1.165) is 24.3 Å². The van der Waals surface area contributed by atoms with Crippen LogP contribution in [-0.2, 0) is 12.4 Å². The van der Waals surface area contributed by atoms with Crippen molar-refractivity contribution in [1.29, 1.82) is 0 Å². The summed E-state index contributed by atoms with van der Waals surface area (Å²) in [6.45, 7) is 10.7. The van der Waals surface area contributed by atoms with Gasteiger partial charge in [0, 0.05) is 0 Å². The van der Waals surface area contributed by atoms with Crippen LogP contribution in [0.3, 0.4) is 0 Å². The lowest BCUT2D eigenvalue weighted by Gasteiger charge is -2.17. The van der Waals surface area contributed by atoms with Gasteiger partial charge in [0.1, 0.15) is 0 Å². The molecule has 0 aliphatic carbocycles. The van der Waals surface area contributed by atoms with Gasteiger partial charge in [0.15, 0.2) is 0 Å². The number of alkyl halides is 6. The van der Waals surface area contributed by atoms with Gasteiger partial charge in [0.2, 0.25) is 0 Å². The molecule has 0 aromatic heterocycles. The zero-order chi connectivity index (χ0) is 20.6. The molecule has 27 heavy (non-hydrogen) atoms. The summed E-state index contributed by atoms with van der Waals surface area (Å²) in [6, 6.07) is 6.90. The van der Waals surface area contributed by atoms with Crippen molar-refractivity contribution < 1.29 is 26.3 Å². The topological polar surface area (TPSA) is 0 Å². The zero-order valence-electron chi connectivity index (χ0n) is 14.9. The molecule has 2 aromatic rings. The van der Waals surface area contributed by atoms with Crippen molar-refractivity contribution in [2.45, 2.75) is 26.2 Å². The minimum atomic E-state index is -4.47. The Hall–Kier alpha value is -2.28. The summed E-state index contributed by atoms with van der Waals surface area (Å²) >= 11 is 0. The Balaban J connectivity index is 2.53. The Morgan fingerprint density at radius 2 is 1.04 bits per heavy atom. The lowest BCUT2D eigenvalue weighted by atomic mass is 10.0. The van der Waals surface area contributed by atoms with Crippen LogP contribution in [0.5, 0.6) is 0 Å². The Kier molecular flexibility index (Phi) is 5.75. The maximum Gasteiger partial charge on any atom is 0.416 e. The summed E-state index contributed by atoms with van der Waals surface area (Å²) in [5.74, 6) is 0. The second-order valence-electron chi connectivity index (χ2n) is 6.48. The minimum Gasteiger partial charge on any atom is -0.166 e. The molecule has 0 saturated carbocycles. The summed E-state index contributed by atoms with van der Waals surface area (Å²) in [5.41, 5.74) is 0.199. The Morgan fingerprint density at radius 3 is 1.30 bits per heavy atom. The fraction of sp³-hybridized carbons (Fsp3) is 0.200. The number of allylic oxidation sites excluding steroid dienone is 2. The number of hydrogen-bond donors (Lipinski definition) is 0. The molecule has 0 saturated heterocycles. The third kappa shape index (κ3) is 4.91. The molecule has 0 heterocycles. The van der Waals surface area contributed by atoms with Gasteiger partial charge in [-0.15, -0.1) is 0 Å². The molecule has 0 bridgehead atoms. The fourth-order valence-corrected chi connectivity index (χ4v) is 4.88. The first kappa shape index (κ1) is 21.0. The SMILES string of the molecule is C=C(C)c1cc(C(F)(F)F)ccc1[SiH2]c1ccc(C(F)(F)F)cc1C(=C)C. The Morgan fingerprint density at radius 1 is 0.704 bits per heavy atom. The Bertz CT molecular complexity index is 817. The largest absolute Gasteiger partial charge is 0.416 e. The molecule has 0 aliphatic rings. The van der Waals surface area contributed by atoms with Crippen LogP contribution < -0.4 is 10.4 Å². The van der Waals surface area contributed by atoms with Crippen molar-refractivity contribution in [2.24, 2.45) is 0 Å². The van der Waals surface area contributed by atoms with Gasteiger partial charge in [-0.3, -0.25) is 0 Å². The van der Waals surface area contributed by atoms with Gasteiger partial charge in [0.25, 0.3) is 0 Å². The summed E-state index contributed by atoms with van der Waals surface area (Å²) in [5, 5.41) is 1.38. The van der Waals surface area contributed by atoms with E-state index < -0.39 is 33.0 Å². The van der Waals surface area contributed by atoms with E-state index in [2.05, 4.69) is 13.2 Å². The van der Waals surface area contributed by atoms with Gasteiger partial charge in [-0.1, -0.05) is 58.9 Å². The molecule has 0 aliphatic heterocycles. The molecule has 0 unspecified atom stereocenters. The van der Waals surface area contributed by atoms with E-state index in [1.54, 1.807) is 13.8 Å². The van der Waals surface area contributed by atoms with E-state index in [4.69, 9.17) is 0 Å². The molecule has 0 nitrogen and oxygen atoms in total. The summed E-state index contributed by atoms with van der Waals surface area (Å²) in [6.07, 6.45) is -8.94. The van der Waals surface area contributed by atoms with Gasteiger partial charge in [-0.05, 0) is 37.1 Å². The smallest absolute Gasteiger partial charge is 0.166 e. The molecule has 0 amide bonds. The van der Waals surface area contributed by atoms with Gasteiger partial charge in [-0.2, -0.15) is 26.3 Å². The molecule has 0 fully saturated rings. The molecule has 7 heteroatoms. The van der Waals surface area contributed by atoms with E-state index in [0.29, 0.717) is 32.6 Å². The van der Waals surface area contributed by atoms with E-state index >= 15 is 0 Å². The van der Waals surface area contributed by atoms with Crippen molar-refractivity contribution in [3.8, 4) is 0 Å². The van der Waals surface area contributed by atoms with E-state index in [1.807, 2.05) is 0 Å². The van der Waals surface area contributed by atoms with Gasteiger partial charge in [-0.25, -0.2) is 0 Å². The highest BCUT2D eigenvalue weighted by atomic mass is 28.2. The molecule has 0 spiro atoms. The molecule has 0 atom stereocenters. The monoisotopic (exact) mass is 400 g/mol. The van der Waals surface area contributed by atoms with Crippen LogP contribution in [-0.4, -0.2) is 9.52 Å². The van der Waals surface area contributed by atoms with Crippen molar-refractivity contribution >= 4 is 31.0 Å². The van der Waals surface area contributed by atoms with Gasteiger partial charge in [0.05, 0.1) is 20.6 Å². The van der Waals surface area contributed by atoms with Crippen LogP contribution in [0.15, 0.2) is 49.6 Å². The number of benzene rings is 2. The molecular weight excluding hydrogens is 382 g/mol. The highest BCUT2D eigenvalue weighted by Gasteiger charge is 2.32.